The summed E-state index contributed by atoms with van der Waals surface area (Å²) in [6, 6.07) is 3.98. The van der Waals surface area contributed by atoms with Gasteiger partial charge in [-0.2, -0.15) is 0 Å². The van der Waals surface area contributed by atoms with Crippen LogP contribution in [0.25, 0.3) is 0 Å². The van der Waals surface area contributed by atoms with Crippen molar-refractivity contribution in [1.82, 2.24) is 4.90 Å². The first-order valence-electron chi connectivity index (χ1n) is 8.12. The van der Waals surface area contributed by atoms with Gasteiger partial charge >= 0.3 is 5.97 Å². The number of carbonyl (C=O) groups is 2. The third kappa shape index (κ3) is 5.19. The second kappa shape index (κ2) is 8.19. The molecular formula is C17H22ClNO5S. The van der Waals surface area contributed by atoms with Gasteiger partial charge in [-0.15, -0.1) is 0 Å². The van der Waals surface area contributed by atoms with Crippen molar-refractivity contribution in [3.8, 4) is 0 Å². The molecule has 8 heteroatoms. The van der Waals surface area contributed by atoms with E-state index in [1.54, 1.807) is 11.9 Å². The SMILES string of the molecule is CN(C(=O)COC(=O)c1cc(S(C)(=O)=O)ccc1Cl)C1CCCCC1. The fourth-order valence-electron chi connectivity index (χ4n) is 2.87. The van der Waals surface area contributed by atoms with Gasteiger partial charge in [0.1, 0.15) is 0 Å². The normalized spacial score (nSPS) is 15.6. The molecule has 0 unspecified atom stereocenters. The van der Waals surface area contributed by atoms with Crippen LogP contribution in [0.3, 0.4) is 0 Å². The molecule has 0 aromatic heterocycles. The summed E-state index contributed by atoms with van der Waals surface area (Å²) in [5.41, 5.74) is -0.0716. The molecule has 0 N–H and O–H groups in total. The number of hydrogen-bond acceptors (Lipinski definition) is 5. The smallest absolute Gasteiger partial charge is 0.340 e. The standard InChI is InChI=1S/C17H22ClNO5S/c1-19(12-6-4-3-5-7-12)16(20)11-24-17(21)14-10-13(25(2,22)23)8-9-15(14)18/h8-10,12H,3-7,11H2,1-2H3. The number of amides is 1. The number of sulfone groups is 1. The van der Waals surface area contributed by atoms with Crippen molar-refractivity contribution in [2.24, 2.45) is 0 Å². The van der Waals surface area contributed by atoms with Crippen LogP contribution >= 0.6 is 11.6 Å². The van der Waals surface area contributed by atoms with E-state index in [0.29, 0.717) is 0 Å². The summed E-state index contributed by atoms with van der Waals surface area (Å²) < 4.78 is 28.2. The predicted molar refractivity (Wildman–Crippen MR) is 94.5 cm³/mol. The first-order valence-corrected chi connectivity index (χ1v) is 10.4. The molecule has 1 aromatic rings. The molecule has 1 saturated carbocycles. The molecule has 0 bridgehead atoms. The zero-order valence-electron chi connectivity index (χ0n) is 14.3. The Labute approximate surface area is 153 Å². The maximum Gasteiger partial charge on any atom is 0.340 e. The number of carbonyl (C=O) groups excluding carboxylic acids is 2. The summed E-state index contributed by atoms with van der Waals surface area (Å²) >= 11 is 5.95. The Balaban J connectivity index is 2.01. The van der Waals surface area contributed by atoms with Gasteiger partial charge in [-0.05, 0) is 31.0 Å². The lowest BCUT2D eigenvalue weighted by Crippen LogP contribution is -2.40. The van der Waals surface area contributed by atoms with E-state index in [4.69, 9.17) is 16.3 Å². The number of benzene rings is 1. The molecule has 1 amide bonds. The maximum absolute atomic E-state index is 12.2. The van der Waals surface area contributed by atoms with E-state index in [-0.39, 0.29) is 27.4 Å². The van der Waals surface area contributed by atoms with Crippen LogP contribution in [-0.2, 0) is 19.4 Å². The molecule has 0 atom stereocenters. The zero-order valence-corrected chi connectivity index (χ0v) is 15.9. The van der Waals surface area contributed by atoms with Gasteiger partial charge in [-0.25, -0.2) is 13.2 Å². The quantitative estimate of drug-likeness (QED) is 0.725. The van der Waals surface area contributed by atoms with Gasteiger partial charge in [0, 0.05) is 19.3 Å². The highest BCUT2D eigenvalue weighted by atomic mass is 35.5. The number of rotatable bonds is 5. The Morgan fingerprint density at radius 1 is 1.24 bits per heavy atom. The van der Waals surface area contributed by atoms with Crippen molar-refractivity contribution in [3.63, 3.8) is 0 Å². The lowest BCUT2D eigenvalue weighted by Gasteiger charge is -2.31. The highest BCUT2D eigenvalue weighted by molar-refractivity contribution is 7.90. The number of nitrogens with zero attached hydrogens (tertiary/aromatic N) is 1. The Bertz CT molecular complexity index is 756. The molecule has 0 spiro atoms. The lowest BCUT2D eigenvalue weighted by molar-refractivity contribution is -0.135. The maximum atomic E-state index is 12.2. The van der Waals surface area contributed by atoms with Crippen molar-refractivity contribution >= 4 is 33.3 Å². The lowest BCUT2D eigenvalue weighted by atomic mass is 9.94. The molecule has 6 nitrogen and oxygen atoms in total. The minimum Gasteiger partial charge on any atom is -0.452 e. The van der Waals surface area contributed by atoms with Crippen molar-refractivity contribution in [1.29, 1.82) is 0 Å². The summed E-state index contributed by atoms with van der Waals surface area (Å²) in [7, 11) is -1.76. The van der Waals surface area contributed by atoms with E-state index in [2.05, 4.69) is 0 Å². The molecule has 138 valence electrons. The molecule has 0 heterocycles. The highest BCUT2D eigenvalue weighted by Crippen LogP contribution is 2.23. The minimum absolute atomic E-state index is 0.0329. The Morgan fingerprint density at radius 2 is 1.88 bits per heavy atom. The summed E-state index contributed by atoms with van der Waals surface area (Å²) in [6.45, 7) is -0.398. The van der Waals surface area contributed by atoms with Crippen molar-refractivity contribution < 1.29 is 22.7 Å². The number of ether oxygens (including phenoxy) is 1. The topological polar surface area (TPSA) is 80.8 Å². The van der Waals surface area contributed by atoms with Crippen LogP contribution in [0.15, 0.2) is 23.1 Å². The third-order valence-corrected chi connectivity index (χ3v) is 5.87. The van der Waals surface area contributed by atoms with Gasteiger partial charge in [0.05, 0.1) is 15.5 Å². The van der Waals surface area contributed by atoms with Crippen molar-refractivity contribution in [3.05, 3.63) is 28.8 Å². The van der Waals surface area contributed by atoms with E-state index in [1.807, 2.05) is 0 Å². The van der Waals surface area contributed by atoms with Gasteiger partial charge in [0.2, 0.25) is 0 Å². The predicted octanol–water partition coefficient (Wildman–Crippen LogP) is 2.69. The fourth-order valence-corrected chi connectivity index (χ4v) is 3.71. The highest BCUT2D eigenvalue weighted by Gasteiger charge is 2.24. The molecule has 0 aliphatic heterocycles. The first-order chi connectivity index (χ1) is 11.7. The van der Waals surface area contributed by atoms with E-state index < -0.39 is 22.4 Å². The van der Waals surface area contributed by atoms with Gasteiger partial charge in [-0.1, -0.05) is 30.9 Å². The van der Waals surface area contributed by atoms with Crippen LogP contribution in [0, 0.1) is 0 Å². The van der Waals surface area contributed by atoms with Crippen molar-refractivity contribution in [2.45, 2.75) is 43.0 Å². The molecule has 1 aromatic carbocycles. The molecule has 25 heavy (non-hydrogen) atoms. The number of likely N-dealkylation sites (N-methyl/N-ethyl adjacent to an activating group) is 1. The Kier molecular flexibility index (Phi) is 6.46. The molecule has 0 radical (unpaired) electrons. The zero-order chi connectivity index (χ0) is 18.6. The van der Waals surface area contributed by atoms with Gasteiger partial charge < -0.3 is 9.64 Å². The summed E-state index contributed by atoms with van der Waals surface area (Å²) in [6.07, 6.45) is 6.32. The van der Waals surface area contributed by atoms with E-state index in [9.17, 15) is 18.0 Å². The van der Waals surface area contributed by atoms with Crippen molar-refractivity contribution in [2.75, 3.05) is 19.9 Å². The van der Waals surface area contributed by atoms with E-state index in [0.717, 1.165) is 38.0 Å². The van der Waals surface area contributed by atoms with Crippen LogP contribution in [0.2, 0.25) is 5.02 Å². The second-order valence-electron chi connectivity index (χ2n) is 6.29. The third-order valence-electron chi connectivity index (χ3n) is 4.43. The molecule has 1 fully saturated rings. The molecule has 1 aliphatic carbocycles. The average molecular weight is 388 g/mol. The van der Waals surface area contributed by atoms with Crippen LogP contribution in [0.4, 0.5) is 0 Å². The fraction of sp³-hybridized carbons (Fsp3) is 0.529. The van der Waals surface area contributed by atoms with E-state index in [1.165, 1.54) is 18.6 Å². The average Bonchev–Trinajstić information content (AvgIpc) is 2.58. The summed E-state index contributed by atoms with van der Waals surface area (Å²) in [5.74, 6) is -1.10. The molecule has 1 aliphatic rings. The molecule has 2 rings (SSSR count). The van der Waals surface area contributed by atoms with Crippen LogP contribution < -0.4 is 0 Å². The minimum atomic E-state index is -3.48. The van der Waals surface area contributed by atoms with Crippen LogP contribution in [0.5, 0.6) is 0 Å². The number of esters is 1. The monoisotopic (exact) mass is 387 g/mol. The number of halogens is 1. The largest absolute Gasteiger partial charge is 0.452 e. The van der Waals surface area contributed by atoms with Gasteiger partial charge in [-0.3, -0.25) is 4.79 Å². The first kappa shape index (κ1) is 19.7. The summed E-state index contributed by atoms with van der Waals surface area (Å²) in [4.78, 5) is 26.0. The Morgan fingerprint density at radius 3 is 2.48 bits per heavy atom. The van der Waals surface area contributed by atoms with Crippen LogP contribution in [-0.4, -0.2) is 51.1 Å². The summed E-state index contributed by atoms with van der Waals surface area (Å²) in [5, 5.41) is 0.0745. The van der Waals surface area contributed by atoms with E-state index >= 15 is 0 Å². The van der Waals surface area contributed by atoms with Crippen LogP contribution in [0.1, 0.15) is 42.5 Å². The molecular weight excluding hydrogens is 366 g/mol. The number of hydrogen-bond donors (Lipinski definition) is 0. The second-order valence-corrected chi connectivity index (χ2v) is 8.71. The van der Waals surface area contributed by atoms with Gasteiger partial charge in [0.15, 0.2) is 16.4 Å². The van der Waals surface area contributed by atoms with Gasteiger partial charge in [0.25, 0.3) is 5.91 Å². The Hall–Kier alpha value is -1.60. The molecule has 0 saturated heterocycles.